The summed E-state index contributed by atoms with van der Waals surface area (Å²) in [6, 6.07) is 2.08. The van der Waals surface area contributed by atoms with Crippen LogP contribution >= 0.6 is 0 Å². The maximum atomic E-state index is 4.43. The fraction of sp³-hybridized carbons (Fsp3) is 0.308. The van der Waals surface area contributed by atoms with Gasteiger partial charge in [0.1, 0.15) is 5.82 Å². The Kier molecular flexibility index (Phi) is 2.70. The summed E-state index contributed by atoms with van der Waals surface area (Å²) < 4.78 is 3.79. The maximum Gasteiger partial charge on any atom is 0.157 e. The Morgan fingerprint density at radius 2 is 2.11 bits per heavy atom. The average Bonchev–Trinajstić information content (AvgIpc) is 2.92. The lowest BCUT2D eigenvalue weighted by Crippen LogP contribution is -2.05. The number of aryl methyl sites for hydroxylation is 3. The lowest BCUT2D eigenvalue weighted by molar-refractivity contribution is 0.774. The molecule has 6 heteroatoms. The Hall–Kier alpha value is -2.37. The standard InChI is InChI=1S/C13H16N6/c1-9-11-6-10(7-16-13(11)19(3)17-9)15-8-12-14-4-5-18(12)2/h4-7,15H,8H2,1-3H3. The van der Waals surface area contributed by atoms with Gasteiger partial charge >= 0.3 is 0 Å². The van der Waals surface area contributed by atoms with Crippen molar-refractivity contribution in [1.82, 2.24) is 24.3 Å². The number of nitrogens with zero attached hydrogens (tertiary/aromatic N) is 5. The minimum absolute atomic E-state index is 0.677. The molecule has 3 aromatic heterocycles. The molecule has 0 radical (unpaired) electrons. The first-order valence-electron chi connectivity index (χ1n) is 6.14. The minimum Gasteiger partial charge on any atom is -0.377 e. The van der Waals surface area contributed by atoms with E-state index < -0.39 is 0 Å². The van der Waals surface area contributed by atoms with Crippen molar-refractivity contribution in [3.8, 4) is 0 Å². The fourth-order valence-corrected chi connectivity index (χ4v) is 2.15. The van der Waals surface area contributed by atoms with Crippen molar-refractivity contribution >= 4 is 16.7 Å². The molecule has 98 valence electrons. The first-order valence-corrected chi connectivity index (χ1v) is 6.14. The molecule has 0 aliphatic carbocycles. The molecule has 0 bridgehead atoms. The summed E-state index contributed by atoms with van der Waals surface area (Å²) in [4.78, 5) is 8.71. The van der Waals surface area contributed by atoms with Gasteiger partial charge in [0.2, 0.25) is 0 Å². The van der Waals surface area contributed by atoms with E-state index in [1.165, 1.54) is 0 Å². The van der Waals surface area contributed by atoms with Gasteiger partial charge in [0, 0.05) is 31.9 Å². The number of aromatic nitrogens is 5. The lowest BCUT2D eigenvalue weighted by atomic mass is 10.2. The fourth-order valence-electron chi connectivity index (χ4n) is 2.15. The largest absolute Gasteiger partial charge is 0.377 e. The first kappa shape index (κ1) is 11.7. The number of hydrogen-bond donors (Lipinski definition) is 1. The summed E-state index contributed by atoms with van der Waals surface area (Å²) in [5.41, 5.74) is 2.87. The van der Waals surface area contributed by atoms with Gasteiger partial charge in [0.15, 0.2) is 5.65 Å². The first-order chi connectivity index (χ1) is 9.15. The number of nitrogens with one attached hydrogen (secondary N) is 1. The highest BCUT2D eigenvalue weighted by Gasteiger charge is 2.07. The average molecular weight is 256 g/mol. The zero-order valence-electron chi connectivity index (χ0n) is 11.3. The van der Waals surface area contributed by atoms with Crippen molar-refractivity contribution < 1.29 is 0 Å². The number of hydrogen-bond acceptors (Lipinski definition) is 4. The van der Waals surface area contributed by atoms with Gasteiger partial charge in [-0.15, -0.1) is 0 Å². The molecule has 3 aromatic rings. The van der Waals surface area contributed by atoms with E-state index in [-0.39, 0.29) is 0 Å². The van der Waals surface area contributed by atoms with Crippen LogP contribution in [0.5, 0.6) is 0 Å². The molecule has 0 fully saturated rings. The minimum atomic E-state index is 0.677. The Morgan fingerprint density at radius 3 is 2.84 bits per heavy atom. The predicted octanol–water partition coefficient (Wildman–Crippen LogP) is 1.62. The van der Waals surface area contributed by atoms with Crippen LogP contribution in [-0.2, 0) is 20.6 Å². The van der Waals surface area contributed by atoms with Crippen LogP contribution in [0.4, 0.5) is 5.69 Å². The van der Waals surface area contributed by atoms with Crippen LogP contribution in [0, 0.1) is 6.92 Å². The van der Waals surface area contributed by atoms with E-state index in [2.05, 4.69) is 26.4 Å². The van der Waals surface area contributed by atoms with Crippen molar-refractivity contribution in [2.45, 2.75) is 13.5 Å². The van der Waals surface area contributed by atoms with Crippen LogP contribution in [0.1, 0.15) is 11.5 Å². The Labute approximate surface area is 111 Å². The van der Waals surface area contributed by atoms with Gasteiger partial charge < -0.3 is 9.88 Å². The number of rotatable bonds is 3. The third kappa shape index (κ3) is 2.05. The third-order valence-electron chi connectivity index (χ3n) is 3.23. The zero-order valence-corrected chi connectivity index (χ0v) is 11.3. The summed E-state index contributed by atoms with van der Waals surface area (Å²) in [6.07, 6.45) is 5.56. The molecule has 0 unspecified atom stereocenters. The number of pyridine rings is 1. The molecule has 0 saturated heterocycles. The van der Waals surface area contributed by atoms with E-state index >= 15 is 0 Å². The van der Waals surface area contributed by atoms with Crippen LogP contribution < -0.4 is 5.32 Å². The van der Waals surface area contributed by atoms with Gasteiger partial charge in [-0.3, -0.25) is 4.68 Å². The molecule has 19 heavy (non-hydrogen) atoms. The Balaban J connectivity index is 1.86. The van der Waals surface area contributed by atoms with Crippen LogP contribution in [0.3, 0.4) is 0 Å². The summed E-state index contributed by atoms with van der Waals surface area (Å²) in [6.45, 7) is 2.67. The van der Waals surface area contributed by atoms with Crippen molar-refractivity contribution in [1.29, 1.82) is 0 Å². The smallest absolute Gasteiger partial charge is 0.157 e. The molecule has 3 heterocycles. The molecular formula is C13H16N6. The van der Waals surface area contributed by atoms with E-state index in [1.807, 2.05) is 38.0 Å². The van der Waals surface area contributed by atoms with E-state index in [0.29, 0.717) is 6.54 Å². The van der Waals surface area contributed by atoms with E-state index in [0.717, 1.165) is 28.2 Å². The van der Waals surface area contributed by atoms with Crippen LogP contribution in [0.2, 0.25) is 0 Å². The molecule has 0 aliphatic heterocycles. The molecule has 0 aromatic carbocycles. The van der Waals surface area contributed by atoms with Gasteiger partial charge in [-0.05, 0) is 13.0 Å². The molecule has 1 N–H and O–H groups in total. The van der Waals surface area contributed by atoms with Crippen LogP contribution in [-0.4, -0.2) is 24.3 Å². The van der Waals surface area contributed by atoms with Crippen LogP contribution in [0.15, 0.2) is 24.7 Å². The van der Waals surface area contributed by atoms with Gasteiger partial charge in [0.05, 0.1) is 24.1 Å². The second-order valence-electron chi connectivity index (χ2n) is 4.61. The van der Waals surface area contributed by atoms with Crippen molar-refractivity contribution in [2.75, 3.05) is 5.32 Å². The highest BCUT2D eigenvalue weighted by atomic mass is 15.3. The number of imidazole rings is 1. The van der Waals surface area contributed by atoms with Crippen molar-refractivity contribution in [3.63, 3.8) is 0 Å². The van der Waals surface area contributed by atoms with E-state index in [9.17, 15) is 0 Å². The highest BCUT2D eigenvalue weighted by molar-refractivity contribution is 5.81. The zero-order chi connectivity index (χ0) is 13.4. The number of fused-ring (bicyclic) bond motifs is 1. The second kappa shape index (κ2) is 4.38. The maximum absolute atomic E-state index is 4.43. The summed E-state index contributed by atoms with van der Waals surface area (Å²) in [5.74, 6) is 0.989. The normalized spacial score (nSPS) is 11.1. The molecule has 6 nitrogen and oxygen atoms in total. The SMILES string of the molecule is Cc1nn(C)c2ncc(NCc3nccn3C)cc12. The van der Waals surface area contributed by atoms with Gasteiger partial charge in [-0.1, -0.05) is 0 Å². The van der Waals surface area contributed by atoms with E-state index in [1.54, 1.807) is 10.9 Å². The summed E-state index contributed by atoms with van der Waals surface area (Å²) in [7, 11) is 3.89. The lowest BCUT2D eigenvalue weighted by Gasteiger charge is -2.06. The van der Waals surface area contributed by atoms with Crippen molar-refractivity contribution in [3.05, 3.63) is 36.2 Å². The molecule has 0 spiro atoms. The molecule has 0 aliphatic rings. The van der Waals surface area contributed by atoms with Gasteiger partial charge in [-0.2, -0.15) is 5.10 Å². The molecule has 0 atom stereocenters. The third-order valence-corrected chi connectivity index (χ3v) is 3.23. The quantitative estimate of drug-likeness (QED) is 0.773. The van der Waals surface area contributed by atoms with E-state index in [4.69, 9.17) is 0 Å². The molecule has 0 amide bonds. The Morgan fingerprint density at radius 1 is 1.26 bits per heavy atom. The second-order valence-corrected chi connectivity index (χ2v) is 4.61. The summed E-state index contributed by atoms with van der Waals surface area (Å²) >= 11 is 0. The van der Waals surface area contributed by atoms with Gasteiger partial charge in [-0.25, -0.2) is 9.97 Å². The molecule has 3 rings (SSSR count). The van der Waals surface area contributed by atoms with Crippen molar-refractivity contribution in [2.24, 2.45) is 14.1 Å². The van der Waals surface area contributed by atoms with Gasteiger partial charge in [0.25, 0.3) is 0 Å². The predicted molar refractivity (Wildman–Crippen MR) is 73.8 cm³/mol. The Bertz CT molecular complexity index is 724. The monoisotopic (exact) mass is 256 g/mol. The summed E-state index contributed by atoms with van der Waals surface area (Å²) in [5, 5.41) is 8.78. The van der Waals surface area contributed by atoms with Crippen LogP contribution in [0.25, 0.3) is 11.0 Å². The molecular weight excluding hydrogens is 240 g/mol. The highest BCUT2D eigenvalue weighted by Crippen LogP contribution is 2.19. The number of anilines is 1. The molecule has 0 saturated carbocycles. The topological polar surface area (TPSA) is 60.6 Å².